The van der Waals surface area contributed by atoms with Crippen LogP contribution in [0.4, 0.5) is 17.1 Å². The summed E-state index contributed by atoms with van der Waals surface area (Å²) in [6.07, 6.45) is 4.74. The van der Waals surface area contributed by atoms with Crippen LogP contribution in [0.5, 0.6) is 0 Å². The SMILES string of the molecule is CC1(C)CCC(C)(C)c2c(-c3cc4c(cc3N(c3ccccc3)c3cccc5c3C(C)(C)CCC5(C)C)C(C)(C)c3ccccc3-4)cccc21. The van der Waals surface area contributed by atoms with Gasteiger partial charge in [0.25, 0.3) is 0 Å². The van der Waals surface area contributed by atoms with Crippen molar-refractivity contribution in [2.75, 3.05) is 4.90 Å². The minimum absolute atomic E-state index is 0.0405. The number of hydrogen-bond acceptors (Lipinski definition) is 1. The third-order valence-electron chi connectivity index (χ3n) is 13.2. The Morgan fingerprint density at radius 2 is 0.900 bits per heavy atom. The first-order chi connectivity index (χ1) is 23.5. The summed E-state index contributed by atoms with van der Waals surface area (Å²) >= 11 is 0. The van der Waals surface area contributed by atoms with Crippen molar-refractivity contribution in [1.82, 2.24) is 0 Å². The molecule has 1 nitrogen and oxygen atoms in total. The van der Waals surface area contributed by atoms with E-state index in [1.165, 1.54) is 98.4 Å². The molecule has 8 rings (SSSR count). The summed E-state index contributed by atoms with van der Waals surface area (Å²) in [7, 11) is 0. The molecule has 5 aromatic rings. The van der Waals surface area contributed by atoms with Crippen LogP contribution in [0.15, 0.2) is 103 Å². The summed E-state index contributed by atoms with van der Waals surface area (Å²) in [4.78, 5) is 2.64. The van der Waals surface area contributed by atoms with E-state index in [9.17, 15) is 0 Å². The van der Waals surface area contributed by atoms with Gasteiger partial charge in [0.1, 0.15) is 0 Å². The van der Waals surface area contributed by atoms with Gasteiger partial charge in [0.05, 0.1) is 11.4 Å². The molecule has 1 heteroatoms. The lowest BCUT2D eigenvalue weighted by molar-refractivity contribution is 0.332. The number of anilines is 3. The van der Waals surface area contributed by atoms with E-state index in [0.29, 0.717) is 0 Å². The third-order valence-corrected chi connectivity index (χ3v) is 13.2. The average molecular weight is 658 g/mol. The standard InChI is InChI=1S/C49H55N/c1-45(2)26-28-47(5,6)43-34(21-16-23-38(43)45)36-30-35-33-20-14-15-22-37(33)49(9,10)40(35)31-42(36)50(32-18-12-11-13-19-32)41-25-17-24-39-44(41)48(7,8)29-27-46(39,3)4/h11-25,30-31H,26-29H2,1-10H3. The lowest BCUT2D eigenvalue weighted by Crippen LogP contribution is -2.35. The van der Waals surface area contributed by atoms with Crippen LogP contribution in [0, 0.1) is 0 Å². The van der Waals surface area contributed by atoms with Crippen LogP contribution in [-0.4, -0.2) is 0 Å². The first kappa shape index (κ1) is 33.1. The average Bonchev–Trinajstić information content (AvgIpc) is 3.31. The van der Waals surface area contributed by atoms with Gasteiger partial charge in [0.2, 0.25) is 0 Å². The number of fused-ring (bicyclic) bond motifs is 5. The molecule has 50 heavy (non-hydrogen) atoms. The summed E-state index contributed by atoms with van der Waals surface area (Å²) in [5.41, 5.74) is 18.3. The maximum Gasteiger partial charge on any atom is 0.0543 e. The van der Waals surface area contributed by atoms with Crippen molar-refractivity contribution < 1.29 is 0 Å². The predicted molar refractivity (Wildman–Crippen MR) is 215 cm³/mol. The molecule has 0 heterocycles. The number of para-hydroxylation sites is 1. The molecule has 256 valence electrons. The largest absolute Gasteiger partial charge is 0.310 e. The fourth-order valence-corrected chi connectivity index (χ4v) is 9.96. The molecule has 0 aliphatic heterocycles. The van der Waals surface area contributed by atoms with Crippen molar-refractivity contribution in [1.29, 1.82) is 0 Å². The summed E-state index contributed by atoms with van der Waals surface area (Å²) in [6, 6.07) is 39.7. The molecule has 0 aromatic heterocycles. The Kier molecular flexibility index (Phi) is 7.24. The van der Waals surface area contributed by atoms with Crippen LogP contribution in [0.3, 0.4) is 0 Å². The highest BCUT2D eigenvalue weighted by Gasteiger charge is 2.43. The quantitative estimate of drug-likeness (QED) is 0.186. The normalized spacial score (nSPS) is 19.9. The number of rotatable bonds is 4. The first-order valence-electron chi connectivity index (χ1n) is 19.0. The smallest absolute Gasteiger partial charge is 0.0543 e. The zero-order valence-corrected chi connectivity index (χ0v) is 32.1. The van der Waals surface area contributed by atoms with Crippen molar-refractivity contribution in [2.45, 2.75) is 122 Å². The van der Waals surface area contributed by atoms with Gasteiger partial charge in [-0.25, -0.2) is 0 Å². The van der Waals surface area contributed by atoms with E-state index in [1.807, 2.05) is 0 Å². The van der Waals surface area contributed by atoms with Gasteiger partial charge in [-0.15, -0.1) is 0 Å². The Morgan fingerprint density at radius 3 is 1.58 bits per heavy atom. The fourth-order valence-electron chi connectivity index (χ4n) is 9.96. The molecular formula is C49H55N. The van der Waals surface area contributed by atoms with E-state index in [0.717, 1.165) is 0 Å². The van der Waals surface area contributed by atoms with E-state index in [2.05, 4.69) is 177 Å². The van der Waals surface area contributed by atoms with Crippen molar-refractivity contribution in [3.63, 3.8) is 0 Å². The monoisotopic (exact) mass is 657 g/mol. The molecule has 3 aliphatic rings. The van der Waals surface area contributed by atoms with Crippen LogP contribution >= 0.6 is 0 Å². The van der Waals surface area contributed by atoms with Gasteiger partial charge in [-0.05, 0) is 128 Å². The second-order valence-electron chi connectivity index (χ2n) is 18.7. The van der Waals surface area contributed by atoms with E-state index >= 15 is 0 Å². The Bertz CT molecular complexity index is 2140. The van der Waals surface area contributed by atoms with Crippen molar-refractivity contribution in [3.8, 4) is 22.3 Å². The summed E-state index contributed by atoms with van der Waals surface area (Å²) in [5.74, 6) is 0. The predicted octanol–water partition coefficient (Wildman–Crippen LogP) is 13.8. The molecule has 0 saturated carbocycles. The minimum atomic E-state index is -0.115. The van der Waals surface area contributed by atoms with Crippen LogP contribution in [0.25, 0.3) is 22.3 Å². The Labute approximate surface area is 301 Å². The minimum Gasteiger partial charge on any atom is -0.310 e. The highest BCUT2D eigenvalue weighted by atomic mass is 15.1. The maximum atomic E-state index is 2.64. The molecule has 3 aliphatic carbocycles. The molecular weight excluding hydrogens is 603 g/mol. The van der Waals surface area contributed by atoms with Gasteiger partial charge in [0.15, 0.2) is 0 Å². The lowest BCUT2D eigenvalue weighted by Gasteiger charge is -2.45. The molecule has 0 atom stereocenters. The van der Waals surface area contributed by atoms with E-state index in [1.54, 1.807) is 0 Å². The van der Waals surface area contributed by atoms with Crippen LogP contribution in [0.2, 0.25) is 0 Å². The van der Waals surface area contributed by atoms with Gasteiger partial charge >= 0.3 is 0 Å². The Morgan fingerprint density at radius 1 is 0.380 bits per heavy atom. The number of nitrogens with zero attached hydrogens (tertiary/aromatic N) is 1. The first-order valence-corrected chi connectivity index (χ1v) is 19.0. The zero-order chi connectivity index (χ0) is 35.4. The summed E-state index contributed by atoms with van der Waals surface area (Å²) in [6.45, 7) is 24.5. The highest BCUT2D eigenvalue weighted by Crippen LogP contribution is 2.58. The van der Waals surface area contributed by atoms with Gasteiger partial charge in [-0.2, -0.15) is 0 Å². The van der Waals surface area contributed by atoms with E-state index in [4.69, 9.17) is 0 Å². The summed E-state index contributed by atoms with van der Waals surface area (Å²) in [5, 5.41) is 0. The van der Waals surface area contributed by atoms with Gasteiger partial charge in [-0.1, -0.05) is 142 Å². The number of hydrogen-bond donors (Lipinski definition) is 0. The van der Waals surface area contributed by atoms with Gasteiger partial charge < -0.3 is 4.90 Å². The molecule has 0 fully saturated rings. The molecule has 0 bridgehead atoms. The molecule has 0 spiro atoms. The fraction of sp³-hybridized carbons (Fsp3) is 0.388. The second kappa shape index (κ2) is 10.9. The van der Waals surface area contributed by atoms with Crippen molar-refractivity contribution in [2.24, 2.45) is 0 Å². The van der Waals surface area contributed by atoms with Crippen LogP contribution in [-0.2, 0) is 27.1 Å². The van der Waals surface area contributed by atoms with E-state index < -0.39 is 0 Å². The van der Waals surface area contributed by atoms with Crippen molar-refractivity contribution >= 4 is 17.1 Å². The zero-order valence-electron chi connectivity index (χ0n) is 32.1. The third kappa shape index (κ3) is 4.86. The lowest BCUT2D eigenvalue weighted by atomic mass is 9.61. The second-order valence-corrected chi connectivity index (χ2v) is 18.7. The van der Waals surface area contributed by atoms with Crippen LogP contribution in [0.1, 0.15) is 128 Å². The molecule has 5 aromatic carbocycles. The van der Waals surface area contributed by atoms with E-state index in [-0.39, 0.29) is 27.1 Å². The molecule has 0 amide bonds. The molecule has 0 N–H and O–H groups in total. The topological polar surface area (TPSA) is 3.24 Å². The Balaban J connectivity index is 1.52. The molecule has 0 saturated heterocycles. The maximum absolute atomic E-state index is 2.64. The van der Waals surface area contributed by atoms with Crippen molar-refractivity contribution in [3.05, 3.63) is 137 Å². The Hall–Kier alpha value is -4.10. The molecule has 0 unspecified atom stereocenters. The van der Waals surface area contributed by atoms with Crippen LogP contribution < -0.4 is 4.90 Å². The van der Waals surface area contributed by atoms with Gasteiger partial charge in [0, 0.05) is 16.7 Å². The number of benzene rings is 5. The van der Waals surface area contributed by atoms with Gasteiger partial charge in [-0.3, -0.25) is 0 Å². The molecule has 0 radical (unpaired) electrons. The summed E-state index contributed by atoms with van der Waals surface area (Å²) < 4.78 is 0. The highest BCUT2D eigenvalue weighted by molar-refractivity contribution is 5.96.